The molecular weight excluding hydrogens is 218 g/mol. The number of ether oxygens (including phenoxy) is 1. The highest BCUT2D eigenvalue weighted by Gasteiger charge is 2.12. The molecule has 2 N–H and O–H groups in total. The van der Waals surface area contributed by atoms with Gasteiger partial charge < -0.3 is 15.2 Å². The lowest BCUT2D eigenvalue weighted by Gasteiger charge is -2.13. The molecule has 1 unspecified atom stereocenters. The van der Waals surface area contributed by atoms with E-state index in [9.17, 15) is 9.90 Å². The Bertz CT molecular complexity index is 390. The summed E-state index contributed by atoms with van der Waals surface area (Å²) >= 11 is 0. The van der Waals surface area contributed by atoms with Crippen molar-refractivity contribution in [1.82, 2.24) is 5.32 Å². The number of para-hydroxylation sites is 1. The normalized spacial score (nSPS) is 12.2. The Morgan fingerprint density at radius 3 is 2.88 bits per heavy atom. The second-order valence-corrected chi connectivity index (χ2v) is 3.95. The number of phenols is 1. The molecule has 4 nitrogen and oxygen atoms in total. The molecule has 0 aliphatic carbocycles. The lowest BCUT2D eigenvalue weighted by Crippen LogP contribution is -2.32. The zero-order valence-electron chi connectivity index (χ0n) is 10.5. The van der Waals surface area contributed by atoms with E-state index in [4.69, 9.17) is 4.74 Å². The van der Waals surface area contributed by atoms with Gasteiger partial charge in [0.05, 0.1) is 11.7 Å². The standard InChI is InChI=1S/C13H19NO3/c1-4-17-10(3)8-14-13(16)11-7-5-6-9(2)12(11)15/h5-7,10,15H,4,8H2,1-3H3,(H,14,16). The average Bonchev–Trinajstić information content (AvgIpc) is 2.30. The number of aryl methyl sites for hydroxylation is 1. The van der Waals surface area contributed by atoms with Gasteiger partial charge in [0.2, 0.25) is 0 Å². The summed E-state index contributed by atoms with van der Waals surface area (Å²) in [6.07, 6.45) is -0.0316. The molecule has 1 amide bonds. The van der Waals surface area contributed by atoms with Crippen LogP contribution < -0.4 is 5.32 Å². The summed E-state index contributed by atoms with van der Waals surface area (Å²) in [7, 11) is 0. The minimum absolute atomic E-state index is 0.0316. The quantitative estimate of drug-likeness (QED) is 0.821. The van der Waals surface area contributed by atoms with Gasteiger partial charge in [-0.1, -0.05) is 12.1 Å². The van der Waals surface area contributed by atoms with Crippen molar-refractivity contribution in [2.75, 3.05) is 13.2 Å². The number of aromatic hydroxyl groups is 1. The van der Waals surface area contributed by atoms with Crippen LogP contribution in [0.15, 0.2) is 18.2 Å². The van der Waals surface area contributed by atoms with Crippen LogP contribution in [0, 0.1) is 6.92 Å². The highest BCUT2D eigenvalue weighted by atomic mass is 16.5. The van der Waals surface area contributed by atoms with Crippen LogP contribution in [0.1, 0.15) is 29.8 Å². The van der Waals surface area contributed by atoms with Gasteiger partial charge in [-0.15, -0.1) is 0 Å². The van der Waals surface area contributed by atoms with Crippen LogP contribution in [0.25, 0.3) is 0 Å². The topological polar surface area (TPSA) is 58.6 Å². The van der Waals surface area contributed by atoms with Crippen LogP contribution in [0.3, 0.4) is 0 Å². The fourth-order valence-electron chi connectivity index (χ4n) is 1.52. The molecule has 17 heavy (non-hydrogen) atoms. The van der Waals surface area contributed by atoms with Crippen molar-refractivity contribution >= 4 is 5.91 Å². The highest BCUT2D eigenvalue weighted by Crippen LogP contribution is 2.20. The first kappa shape index (κ1) is 13.5. The van der Waals surface area contributed by atoms with Crippen LogP contribution in [0.4, 0.5) is 0 Å². The summed E-state index contributed by atoms with van der Waals surface area (Å²) < 4.78 is 5.30. The number of benzene rings is 1. The summed E-state index contributed by atoms with van der Waals surface area (Å²) in [6, 6.07) is 5.11. The van der Waals surface area contributed by atoms with E-state index in [1.54, 1.807) is 25.1 Å². The van der Waals surface area contributed by atoms with Crippen molar-refractivity contribution in [1.29, 1.82) is 0 Å². The van der Waals surface area contributed by atoms with Crippen molar-refractivity contribution in [3.8, 4) is 5.75 Å². The third-order valence-corrected chi connectivity index (χ3v) is 2.48. The lowest BCUT2D eigenvalue weighted by molar-refractivity contribution is 0.0694. The molecule has 1 atom stereocenters. The number of hydrogen-bond donors (Lipinski definition) is 2. The minimum atomic E-state index is -0.280. The van der Waals surface area contributed by atoms with Crippen LogP contribution >= 0.6 is 0 Å². The van der Waals surface area contributed by atoms with Gasteiger partial charge in [-0.3, -0.25) is 4.79 Å². The molecule has 0 saturated heterocycles. The molecule has 0 bridgehead atoms. The Kier molecular flexibility index (Phi) is 4.97. The fraction of sp³-hybridized carbons (Fsp3) is 0.462. The van der Waals surface area contributed by atoms with E-state index in [0.717, 1.165) is 0 Å². The Labute approximate surface area is 102 Å². The predicted octanol–water partition coefficient (Wildman–Crippen LogP) is 1.86. The molecule has 1 aromatic carbocycles. The molecule has 1 aromatic rings. The second kappa shape index (κ2) is 6.25. The Morgan fingerprint density at radius 2 is 2.24 bits per heavy atom. The van der Waals surface area contributed by atoms with Crippen LogP contribution in [0.5, 0.6) is 5.75 Å². The minimum Gasteiger partial charge on any atom is -0.507 e. The zero-order valence-corrected chi connectivity index (χ0v) is 10.5. The van der Waals surface area contributed by atoms with Crippen molar-refractivity contribution in [2.24, 2.45) is 0 Å². The zero-order chi connectivity index (χ0) is 12.8. The summed E-state index contributed by atoms with van der Waals surface area (Å²) in [5.74, 6) is -0.244. The molecule has 0 radical (unpaired) electrons. The second-order valence-electron chi connectivity index (χ2n) is 3.95. The van der Waals surface area contributed by atoms with E-state index in [2.05, 4.69) is 5.32 Å². The van der Waals surface area contributed by atoms with Gasteiger partial charge in [0, 0.05) is 13.2 Å². The molecule has 94 valence electrons. The van der Waals surface area contributed by atoms with Gasteiger partial charge in [0.15, 0.2) is 0 Å². The Hall–Kier alpha value is -1.55. The average molecular weight is 237 g/mol. The van der Waals surface area contributed by atoms with Crippen molar-refractivity contribution in [2.45, 2.75) is 26.9 Å². The summed E-state index contributed by atoms with van der Waals surface area (Å²) in [5, 5.41) is 12.5. The molecule has 4 heteroatoms. The summed E-state index contributed by atoms with van der Waals surface area (Å²) in [6.45, 7) is 6.60. The van der Waals surface area contributed by atoms with Gasteiger partial charge in [-0.25, -0.2) is 0 Å². The Morgan fingerprint density at radius 1 is 1.53 bits per heavy atom. The number of carbonyl (C=O) groups is 1. The van der Waals surface area contributed by atoms with E-state index in [-0.39, 0.29) is 17.8 Å². The number of hydrogen-bond acceptors (Lipinski definition) is 3. The summed E-state index contributed by atoms with van der Waals surface area (Å²) in [5.41, 5.74) is 0.990. The van der Waals surface area contributed by atoms with E-state index < -0.39 is 0 Å². The largest absolute Gasteiger partial charge is 0.507 e. The number of nitrogens with one attached hydrogen (secondary N) is 1. The molecule has 0 spiro atoms. The number of amides is 1. The van der Waals surface area contributed by atoms with Gasteiger partial charge in [-0.2, -0.15) is 0 Å². The van der Waals surface area contributed by atoms with Gasteiger partial charge in [0.1, 0.15) is 5.75 Å². The molecule has 0 saturated carbocycles. The summed E-state index contributed by atoms with van der Waals surface area (Å²) in [4.78, 5) is 11.8. The Balaban J connectivity index is 2.61. The third kappa shape index (κ3) is 3.75. The molecule has 0 heterocycles. The maximum Gasteiger partial charge on any atom is 0.255 e. The number of rotatable bonds is 5. The van der Waals surface area contributed by atoms with Crippen LogP contribution in [-0.4, -0.2) is 30.3 Å². The van der Waals surface area contributed by atoms with E-state index in [1.165, 1.54) is 0 Å². The first-order valence-corrected chi connectivity index (χ1v) is 5.74. The van der Waals surface area contributed by atoms with Gasteiger partial charge in [-0.05, 0) is 32.4 Å². The third-order valence-electron chi connectivity index (χ3n) is 2.48. The van der Waals surface area contributed by atoms with Gasteiger partial charge >= 0.3 is 0 Å². The van der Waals surface area contributed by atoms with E-state index >= 15 is 0 Å². The van der Waals surface area contributed by atoms with Crippen LogP contribution in [0.2, 0.25) is 0 Å². The maximum absolute atomic E-state index is 11.8. The van der Waals surface area contributed by atoms with Gasteiger partial charge in [0.25, 0.3) is 5.91 Å². The van der Waals surface area contributed by atoms with Crippen molar-refractivity contribution in [3.05, 3.63) is 29.3 Å². The maximum atomic E-state index is 11.8. The molecule has 0 aliphatic heterocycles. The molecule has 0 aliphatic rings. The number of carbonyl (C=O) groups excluding carboxylic acids is 1. The molecule has 1 rings (SSSR count). The first-order chi connectivity index (χ1) is 8.06. The monoisotopic (exact) mass is 237 g/mol. The predicted molar refractivity (Wildman–Crippen MR) is 66.3 cm³/mol. The smallest absolute Gasteiger partial charge is 0.255 e. The fourth-order valence-corrected chi connectivity index (χ4v) is 1.52. The highest BCUT2D eigenvalue weighted by molar-refractivity contribution is 5.97. The number of phenolic OH excluding ortho intramolecular Hbond substituents is 1. The SMILES string of the molecule is CCOC(C)CNC(=O)c1cccc(C)c1O. The van der Waals surface area contributed by atoms with Crippen molar-refractivity contribution < 1.29 is 14.6 Å². The first-order valence-electron chi connectivity index (χ1n) is 5.74. The van der Waals surface area contributed by atoms with Crippen LogP contribution in [-0.2, 0) is 4.74 Å². The van der Waals surface area contributed by atoms with E-state index in [0.29, 0.717) is 24.3 Å². The molecule has 0 aromatic heterocycles. The molecule has 0 fully saturated rings. The molecular formula is C13H19NO3. The lowest BCUT2D eigenvalue weighted by atomic mass is 10.1. The van der Waals surface area contributed by atoms with E-state index in [1.807, 2.05) is 13.8 Å². The van der Waals surface area contributed by atoms with Crippen molar-refractivity contribution in [3.63, 3.8) is 0 Å².